The van der Waals surface area contributed by atoms with Gasteiger partial charge in [0, 0.05) is 33.0 Å². The van der Waals surface area contributed by atoms with Gasteiger partial charge in [-0.25, -0.2) is 4.98 Å². The molecular weight excluding hydrogens is 536 g/mol. The lowest BCUT2D eigenvalue weighted by Crippen LogP contribution is -1.94. The van der Waals surface area contributed by atoms with E-state index in [4.69, 9.17) is 9.40 Å². The lowest BCUT2D eigenvalue weighted by Gasteiger charge is -2.12. The predicted octanol–water partition coefficient (Wildman–Crippen LogP) is 11.1. The van der Waals surface area contributed by atoms with Crippen LogP contribution in [-0.4, -0.2) is 9.55 Å². The van der Waals surface area contributed by atoms with Gasteiger partial charge in [0.15, 0.2) is 0 Å². The Morgan fingerprint density at radius 1 is 0.432 bits per heavy atom. The summed E-state index contributed by atoms with van der Waals surface area (Å²) in [5, 5.41) is 4.55. The van der Waals surface area contributed by atoms with Gasteiger partial charge in [0.05, 0.1) is 27.8 Å². The molecule has 0 aliphatic rings. The molecule has 6 aromatic carbocycles. The van der Waals surface area contributed by atoms with E-state index in [0.717, 1.165) is 77.5 Å². The molecule has 0 unspecified atom stereocenters. The third-order valence-corrected chi connectivity index (χ3v) is 8.59. The minimum absolute atomic E-state index is 0.905. The van der Waals surface area contributed by atoms with E-state index in [2.05, 4.69) is 144 Å². The van der Waals surface area contributed by atoms with E-state index in [1.165, 1.54) is 5.56 Å². The van der Waals surface area contributed by atoms with Crippen LogP contribution in [-0.2, 0) is 0 Å². The molecule has 0 atom stereocenters. The minimum Gasteiger partial charge on any atom is -0.455 e. The molecule has 44 heavy (non-hydrogen) atoms. The van der Waals surface area contributed by atoms with Crippen LogP contribution in [0.2, 0.25) is 0 Å². The number of benzene rings is 6. The molecule has 9 rings (SSSR count). The summed E-state index contributed by atoms with van der Waals surface area (Å²) in [6.45, 7) is 0. The number of para-hydroxylation sites is 2. The van der Waals surface area contributed by atoms with E-state index in [-0.39, 0.29) is 0 Å². The first-order valence-corrected chi connectivity index (χ1v) is 14.9. The zero-order valence-corrected chi connectivity index (χ0v) is 23.8. The molecule has 0 spiro atoms. The van der Waals surface area contributed by atoms with Crippen molar-refractivity contribution in [3.63, 3.8) is 0 Å². The Hall–Kier alpha value is -5.93. The molecule has 0 saturated heterocycles. The van der Waals surface area contributed by atoms with Crippen molar-refractivity contribution in [3.8, 4) is 39.3 Å². The summed E-state index contributed by atoms with van der Waals surface area (Å²) in [7, 11) is 0. The number of furan rings is 1. The van der Waals surface area contributed by atoms with Crippen molar-refractivity contribution < 1.29 is 4.42 Å². The Morgan fingerprint density at radius 2 is 1.07 bits per heavy atom. The average Bonchev–Trinajstić information content (AvgIpc) is 3.64. The Kier molecular flexibility index (Phi) is 5.50. The van der Waals surface area contributed by atoms with E-state index in [1.54, 1.807) is 0 Å². The number of hydrogen-bond donors (Lipinski definition) is 0. The van der Waals surface area contributed by atoms with Gasteiger partial charge in [-0.15, -0.1) is 0 Å². The van der Waals surface area contributed by atoms with E-state index >= 15 is 0 Å². The van der Waals surface area contributed by atoms with Crippen LogP contribution in [0.25, 0.3) is 83.1 Å². The van der Waals surface area contributed by atoms with Gasteiger partial charge in [0.2, 0.25) is 0 Å². The Balaban J connectivity index is 1.34. The fraction of sp³-hybridized carbons (Fsp3) is 0. The van der Waals surface area contributed by atoms with Crippen molar-refractivity contribution in [2.45, 2.75) is 0 Å². The molecule has 0 bridgehead atoms. The lowest BCUT2D eigenvalue weighted by atomic mass is 9.99. The van der Waals surface area contributed by atoms with Gasteiger partial charge in [-0.1, -0.05) is 109 Å². The van der Waals surface area contributed by atoms with Crippen LogP contribution >= 0.6 is 0 Å². The third kappa shape index (κ3) is 3.87. The predicted molar refractivity (Wildman–Crippen MR) is 182 cm³/mol. The van der Waals surface area contributed by atoms with Crippen LogP contribution in [0, 0.1) is 0 Å². The second kappa shape index (κ2) is 9.82. The maximum Gasteiger partial charge on any atom is 0.145 e. The van der Waals surface area contributed by atoms with Gasteiger partial charge in [-0.3, -0.25) is 0 Å². The number of rotatable bonds is 4. The molecule has 0 saturated carbocycles. The number of fused-ring (bicyclic) bond motifs is 7. The molecule has 3 heterocycles. The van der Waals surface area contributed by atoms with E-state index in [9.17, 15) is 0 Å². The minimum atomic E-state index is 0.905. The highest BCUT2D eigenvalue weighted by Gasteiger charge is 2.19. The molecule has 3 aromatic heterocycles. The van der Waals surface area contributed by atoms with Crippen LogP contribution < -0.4 is 0 Å². The summed E-state index contributed by atoms with van der Waals surface area (Å²) in [6, 6.07) is 55.3. The van der Waals surface area contributed by atoms with Crippen molar-refractivity contribution in [1.29, 1.82) is 0 Å². The van der Waals surface area contributed by atoms with Gasteiger partial charge in [0.1, 0.15) is 11.2 Å². The molecule has 0 fully saturated rings. The molecule has 0 aliphatic heterocycles. The second-order valence-corrected chi connectivity index (χ2v) is 11.2. The van der Waals surface area contributed by atoms with Crippen molar-refractivity contribution in [2.24, 2.45) is 0 Å². The Morgan fingerprint density at radius 3 is 1.84 bits per heavy atom. The van der Waals surface area contributed by atoms with Crippen molar-refractivity contribution >= 4 is 43.7 Å². The summed E-state index contributed by atoms with van der Waals surface area (Å²) in [4.78, 5) is 5.21. The van der Waals surface area contributed by atoms with Gasteiger partial charge >= 0.3 is 0 Å². The van der Waals surface area contributed by atoms with E-state index < -0.39 is 0 Å². The van der Waals surface area contributed by atoms with Crippen LogP contribution in [0.5, 0.6) is 0 Å². The highest BCUT2D eigenvalue weighted by atomic mass is 16.3. The van der Waals surface area contributed by atoms with Gasteiger partial charge in [-0.05, 0) is 59.7 Å². The molecule has 0 amide bonds. The summed E-state index contributed by atoms with van der Waals surface area (Å²) in [6.07, 6.45) is 0. The van der Waals surface area contributed by atoms with E-state index in [0.29, 0.717) is 0 Å². The van der Waals surface area contributed by atoms with Gasteiger partial charge < -0.3 is 8.98 Å². The fourth-order valence-electron chi connectivity index (χ4n) is 6.53. The molecule has 0 aliphatic carbocycles. The summed E-state index contributed by atoms with van der Waals surface area (Å²) >= 11 is 0. The van der Waals surface area contributed by atoms with Crippen LogP contribution in [0.3, 0.4) is 0 Å². The zero-order chi connectivity index (χ0) is 29.0. The highest BCUT2D eigenvalue weighted by molar-refractivity contribution is 6.24. The highest BCUT2D eigenvalue weighted by Crippen LogP contribution is 2.42. The largest absolute Gasteiger partial charge is 0.455 e. The normalized spacial score (nSPS) is 11.6. The number of aromatic nitrogens is 2. The SMILES string of the molecule is c1ccc(-c2cc(-c3ccccc3)nc(-c3ccc4c5c6oc7ccccc7c6ccc5n(-c5ccccc5)c4c3)c2)cc1. The molecule has 3 nitrogen and oxygen atoms in total. The summed E-state index contributed by atoms with van der Waals surface area (Å²) in [5.41, 5.74) is 11.5. The smallest absolute Gasteiger partial charge is 0.145 e. The van der Waals surface area contributed by atoms with E-state index in [1.807, 2.05) is 18.2 Å². The Bertz CT molecular complexity index is 2420. The molecule has 206 valence electrons. The van der Waals surface area contributed by atoms with Crippen molar-refractivity contribution in [1.82, 2.24) is 9.55 Å². The zero-order valence-electron chi connectivity index (χ0n) is 23.8. The first-order chi connectivity index (χ1) is 21.8. The monoisotopic (exact) mass is 562 g/mol. The van der Waals surface area contributed by atoms with Crippen molar-refractivity contribution in [2.75, 3.05) is 0 Å². The molecule has 9 aromatic rings. The molecule has 0 radical (unpaired) electrons. The van der Waals surface area contributed by atoms with Crippen molar-refractivity contribution in [3.05, 3.63) is 158 Å². The Labute approximate surface area is 254 Å². The van der Waals surface area contributed by atoms with Gasteiger partial charge in [-0.2, -0.15) is 0 Å². The fourth-order valence-corrected chi connectivity index (χ4v) is 6.53. The number of nitrogens with zero attached hydrogens (tertiary/aromatic N) is 2. The molecular formula is C41H26N2O. The van der Waals surface area contributed by atoms with Crippen LogP contribution in [0.15, 0.2) is 162 Å². The maximum atomic E-state index is 6.54. The number of hydrogen-bond acceptors (Lipinski definition) is 2. The molecule has 0 N–H and O–H groups in total. The topological polar surface area (TPSA) is 31.0 Å². The maximum absolute atomic E-state index is 6.54. The molecule has 3 heteroatoms. The van der Waals surface area contributed by atoms with Crippen LogP contribution in [0.4, 0.5) is 0 Å². The number of pyridine rings is 1. The van der Waals surface area contributed by atoms with Crippen LogP contribution in [0.1, 0.15) is 0 Å². The average molecular weight is 563 g/mol. The lowest BCUT2D eigenvalue weighted by molar-refractivity contribution is 0.673. The quantitative estimate of drug-likeness (QED) is 0.214. The first-order valence-electron chi connectivity index (χ1n) is 14.9. The second-order valence-electron chi connectivity index (χ2n) is 11.2. The van der Waals surface area contributed by atoms with Gasteiger partial charge in [0.25, 0.3) is 0 Å². The first kappa shape index (κ1) is 24.6. The third-order valence-electron chi connectivity index (χ3n) is 8.59. The summed E-state index contributed by atoms with van der Waals surface area (Å²) < 4.78 is 8.89. The summed E-state index contributed by atoms with van der Waals surface area (Å²) in [5.74, 6) is 0. The standard InChI is InChI=1S/C41H26N2O/c1-4-12-27(13-5-1)30-24-35(28-14-6-2-7-15-28)42-36(25-30)29-20-21-34-38(26-29)43(31-16-8-3-9-17-31)37-23-22-33-32-18-10-11-19-39(32)44-41(33)40(34)37/h1-26H.